The lowest BCUT2D eigenvalue weighted by atomic mass is 10.1. The summed E-state index contributed by atoms with van der Waals surface area (Å²) < 4.78 is 14.5. The van der Waals surface area contributed by atoms with Crippen molar-refractivity contribution in [1.82, 2.24) is 15.1 Å². The third-order valence-electron chi connectivity index (χ3n) is 3.13. The van der Waals surface area contributed by atoms with E-state index in [0.29, 0.717) is 12.1 Å². The molecule has 0 aliphatic heterocycles. The molecule has 0 spiro atoms. The van der Waals surface area contributed by atoms with E-state index in [-0.39, 0.29) is 0 Å². The molecule has 1 amide bonds. The van der Waals surface area contributed by atoms with Gasteiger partial charge in [0.1, 0.15) is 5.82 Å². The third-order valence-corrected chi connectivity index (χ3v) is 3.13. The Hall–Kier alpha value is -2.21. The lowest BCUT2D eigenvalue weighted by Crippen LogP contribution is -2.30. The molecule has 1 aromatic heterocycles. The van der Waals surface area contributed by atoms with Gasteiger partial charge in [-0.05, 0) is 36.1 Å². The number of hydrogen-bond donors (Lipinski definition) is 2. The van der Waals surface area contributed by atoms with Crippen molar-refractivity contribution in [3.05, 3.63) is 53.6 Å². The summed E-state index contributed by atoms with van der Waals surface area (Å²) in [4.78, 5) is 11.8. The van der Waals surface area contributed by atoms with Gasteiger partial charge in [-0.1, -0.05) is 12.1 Å². The topological polar surface area (TPSA) is 67.2 Å². The maximum absolute atomic E-state index is 12.8. The molecular weight excluding hydrogens is 273 g/mol. The Kier molecular flexibility index (Phi) is 5.05. The molecule has 0 fully saturated rings. The lowest BCUT2D eigenvalue weighted by molar-refractivity contribution is -0.129. The van der Waals surface area contributed by atoms with Crippen LogP contribution in [0.1, 0.15) is 23.7 Å². The number of carbonyl (C=O) groups excluding carboxylic acids is 1. The zero-order valence-electron chi connectivity index (χ0n) is 11.8. The first kappa shape index (κ1) is 15.2. The number of aliphatic hydroxyl groups is 1. The van der Waals surface area contributed by atoms with Crippen molar-refractivity contribution in [1.29, 1.82) is 0 Å². The fourth-order valence-corrected chi connectivity index (χ4v) is 2.00. The summed E-state index contributed by atoms with van der Waals surface area (Å²) in [6.45, 7) is 0.464. The molecule has 1 heterocycles. The molecule has 1 aromatic carbocycles. The Labute approximate surface area is 122 Å². The van der Waals surface area contributed by atoms with E-state index >= 15 is 0 Å². The van der Waals surface area contributed by atoms with Crippen LogP contribution >= 0.6 is 0 Å². The molecule has 2 N–H and O–H groups in total. The van der Waals surface area contributed by atoms with Crippen LogP contribution in [-0.2, 0) is 18.3 Å². The van der Waals surface area contributed by atoms with Crippen molar-refractivity contribution < 1.29 is 14.3 Å². The predicted molar refractivity (Wildman–Crippen MR) is 75.9 cm³/mol. The van der Waals surface area contributed by atoms with Gasteiger partial charge in [0.2, 0.25) is 0 Å². The van der Waals surface area contributed by atoms with Gasteiger partial charge in [0.15, 0.2) is 6.10 Å². The number of hydrogen-bond acceptors (Lipinski definition) is 3. The first-order valence-corrected chi connectivity index (χ1v) is 6.75. The number of halogens is 1. The van der Waals surface area contributed by atoms with Gasteiger partial charge < -0.3 is 10.4 Å². The summed E-state index contributed by atoms with van der Waals surface area (Å²) in [7, 11) is 1.85. The summed E-state index contributed by atoms with van der Waals surface area (Å²) in [6.07, 6.45) is 4.00. The average Bonchev–Trinajstić information content (AvgIpc) is 2.89. The Balaban J connectivity index is 1.75. The summed E-state index contributed by atoms with van der Waals surface area (Å²) in [5, 5.41) is 16.6. The number of nitrogens with zero attached hydrogens (tertiary/aromatic N) is 2. The average molecular weight is 291 g/mol. The van der Waals surface area contributed by atoms with Crippen LogP contribution in [0.3, 0.4) is 0 Å². The molecule has 0 radical (unpaired) electrons. The van der Waals surface area contributed by atoms with Crippen molar-refractivity contribution in [3.8, 4) is 0 Å². The molecule has 2 aromatic rings. The van der Waals surface area contributed by atoms with Crippen LogP contribution in [0.5, 0.6) is 0 Å². The summed E-state index contributed by atoms with van der Waals surface area (Å²) in [5.41, 5.74) is 1.48. The van der Waals surface area contributed by atoms with Crippen molar-refractivity contribution in [2.75, 3.05) is 6.54 Å². The molecular formula is C15H18FN3O2. The van der Waals surface area contributed by atoms with Crippen LogP contribution in [0.15, 0.2) is 36.7 Å². The Morgan fingerprint density at radius 1 is 1.43 bits per heavy atom. The highest BCUT2D eigenvalue weighted by Crippen LogP contribution is 2.13. The number of aromatic nitrogens is 2. The zero-order valence-corrected chi connectivity index (χ0v) is 11.8. The van der Waals surface area contributed by atoms with Crippen molar-refractivity contribution in [2.24, 2.45) is 7.05 Å². The number of aliphatic hydroxyl groups excluding tert-OH is 1. The van der Waals surface area contributed by atoms with Crippen LogP contribution in [-0.4, -0.2) is 27.3 Å². The monoisotopic (exact) mass is 291 g/mol. The number of carbonyl (C=O) groups is 1. The molecule has 5 nitrogen and oxygen atoms in total. The number of rotatable bonds is 6. The standard InChI is InChI=1S/C15H18FN3O2/c1-19-10-11(9-18-19)3-2-8-17-15(21)14(20)12-4-6-13(16)7-5-12/h4-7,9-10,14,20H,2-3,8H2,1H3,(H,17,21)/t14-/m1/s1. The van der Waals surface area contributed by atoms with E-state index in [1.807, 2.05) is 13.2 Å². The molecule has 1 atom stereocenters. The molecule has 21 heavy (non-hydrogen) atoms. The van der Waals surface area contributed by atoms with Crippen LogP contribution in [0, 0.1) is 5.82 Å². The number of aryl methyl sites for hydroxylation is 2. The van der Waals surface area contributed by atoms with E-state index in [1.54, 1.807) is 10.9 Å². The van der Waals surface area contributed by atoms with Gasteiger partial charge in [0, 0.05) is 19.8 Å². The summed E-state index contributed by atoms with van der Waals surface area (Å²) in [6, 6.07) is 5.23. The molecule has 2 rings (SSSR count). The van der Waals surface area contributed by atoms with Crippen LogP contribution < -0.4 is 5.32 Å². The van der Waals surface area contributed by atoms with Gasteiger partial charge in [-0.25, -0.2) is 4.39 Å². The Bertz CT molecular complexity index is 595. The van der Waals surface area contributed by atoms with E-state index < -0.39 is 17.8 Å². The smallest absolute Gasteiger partial charge is 0.253 e. The van der Waals surface area contributed by atoms with E-state index in [2.05, 4.69) is 10.4 Å². The predicted octanol–water partition coefficient (Wildman–Crippen LogP) is 1.34. The largest absolute Gasteiger partial charge is 0.378 e. The molecule has 112 valence electrons. The minimum Gasteiger partial charge on any atom is -0.378 e. The minimum absolute atomic E-state index is 0.376. The van der Waals surface area contributed by atoms with Crippen molar-refractivity contribution in [2.45, 2.75) is 18.9 Å². The van der Waals surface area contributed by atoms with Gasteiger partial charge in [0.25, 0.3) is 5.91 Å². The van der Waals surface area contributed by atoms with E-state index in [0.717, 1.165) is 18.4 Å². The maximum Gasteiger partial charge on any atom is 0.253 e. The highest BCUT2D eigenvalue weighted by atomic mass is 19.1. The Morgan fingerprint density at radius 3 is 2.76 bits per heavy atom. The second kappa shape index (κ2) is 6.99. The van der Waals surface area contributed by atoms with Crippen LogP contribution in [0.25, 0.3) is 0 Å². The molecule has 0 aliphatic carbocycles. The first-order chi connectivity index (χ1) is 10.1. The number of amides is 1. The van der Waals surface area contributed by atoms with Crippen LogP contribution in [0.2, 0.25) is 0 Å². The van der Waals surface area contributed by atoms with Gasteiger partial charge in [0.05, 0.1) is 6.20 Å². The highest BCUT2D eigenvalue weighted by Gasteiger charge is 2.16. The molecule has 0 saturated heterocycles. The highest BCUT2D eigenvalue weighted by molar-refractivity contribution is 5.81. The second-order valence-corrected chi connectivity index (χ2v) is 4.87. The number of nitrogens with one attached hydrogen (secondary N) is 1. The lowest BCUT2D eigenvalue weighted by Gasteiger charge is -2.11. The quantitative estimate of drug-likeness (QED) is 0.789. The van der Waals surface area contributed by atoms with Crippen molar-refractivity contribution in [3.63, 3.8) is 0 Å². The van der Waals surface area contributed by atoms with E-state index in [9.17, 15) is 14.3 Å². The summed E-state index contributed by atoms with van der Waals surface area (Å²) >= 11 is 0. The van der Waals surface area contributed by atoms with Crippen molar-refractivity contribution >= 4 is 5.91 Å². The SMILES string of the molecule is Cn1cc(CCCNC(=O)[C@H](O)c2ccc(F)cc2)cn1. The second-order valence-electron chi connectivity index (χ2n) is 4.87. The Morgan fingerprint density at radius 2 is 2.14 bits per heavy atom. The molecule has 0 saturated carbocycles. The minimum atomic E-state index is -1.27. The molecule has 0 aliphatic rings. The fraction of sp³-hybridized carbons (Fsp3) is 0.333. The molecule has 0 bridgehead atoms. The molecule has 0 unspecified atom stereocenters. The van der Waals surface area contributed by atoms with E-state index in [4.69, 9.17) is 0 Å². The molecule has 6 heteroatoms. The van der Waals surface area contributed by atoms with Crippen LogP contribution in [0.4, 0.5) is 4.39 Å². The van der Waals surface area contributed by atoms with Gasteiger partial charge >= 0.3 is 0 Å². The first-order valence-electron chi connectivity index (χ1n) is 6.75. The fourth-order valence-electron chi connectivity index (χ4n) is 2.00. The zero-order chi connectivity index (χ0) is 15.2. The normalized spacial score (nSPS) is 12.1. The number of benzene rings is 1. The van der Waals surface area contributed by atoms with Gasteiger partial charge in [-0.2, -0.15) is 5.10 Å². The maximum atomic E-state index is 12.8. The van der Waals surface area contributed by atoms with E-state index in [1.165, 1.54) is 24.3 Å². The van der Waals surface area contributed by atoms with Gasteiger partial charge in [-0.15, -0.1) is 0 Å². The van der Waals surface area contributed by atoms with Gasteiger partial charge in [-0.3, -0.25) is 9.48 Å². The summed E-state index contributed by atoms with van der Waals surface area (Å²) in [5.74, 6) is -0.879. The third kappa shape index (κ3) is 4.39.